The lowest BCUT2D eigenvalue weighted by Gasteiger charge is -2.11. The molecule has 0 radical (unpaired) electrons. The zero-order valence-electron chi connectivity index (χ0n) is 9.03. The standard InChI is InChI=1S/C10H10N4O2S/c1-7(9-3-2-4-17-9)13-10-11-5-8(6-12-10)14(15)16/h2-7H,1H3,(H,11,12,13). The number of nitro groups is 1. The summed E-state index contributed by atoms with van der Waals surface area (Å²) in [6, 6.07) is 4.05. The van der Waals surface area contributed by atoms with Crippen LogP contribution in [0.5, 0.6) is 0 Å². The van der Waals surface area contributed by atoms with Gasteiger partial charge in [-0.15, -0.1) is 11.3 Å². The molecule has 2 aromatic rings. The average molecular weight is 250 g/mol. The van der Waals surface area contributed by atoms with Crippen LogP contribution in [-0.4, -0.2) is 14.9 Å². The predicted octanol–water partition coefficient (Wildman–Crippen LogP) is 2.62. The molecule has 88 valence electrons. The Morgan fingerprint density at radius 2 is 2.18 bits per heavy atom. The van der Waals surface area contributed by atoms with Gasteiger partial charge in [-0.2, -0.15) is 0 Å². The number of hydrogen-bond acceptors (Lipinski definition) is 6. The van der Waals surface area contributed by atoms with E-state index in [-0.39, 0.29) is 11.7 Å². The van der Waals surface area contributed by atoms with E-state index in [2.05, 4.69) is 15.3 Å². The van der Waals surface area contributed by atoms with Crippen molar-refractivity contribution < 1.29 is 4.92 Å². The smallest absolute Gasteiger partial charge is 0.305 e. The van der Waals surface area contributed by atoms with Gasteiger partial charge in [0.25, 0.3) is 0 Å². The molecule has 1 N–H and O–H groups in total. The van der Waals surface area contributed by atoms with Crippen molar-refractivity contribution in [2.24, 2.45) is 0 Å². The van der Waals surface area contributed by atoms with Gasteiger partial charge >= 0.3 is 5.69 Å². The highest BCUT2D eigenvalue weighted by Crippen LogP contribution is 2.21. The second-order valence-corrected chi connectivity index (χ2v) is 4.38. The molecular weight excluding hydrogens is 240 g/mol. The van der Waals surface area contributed by atoms with Gasteiger partial charge in [0.15, 0.2) is 0 Å². The monoisotopic (exact) mass is 250 g/mol. The first kappa shape index (κ1) is 11.5. The van der Waals surface area contributed by atoms with Crippen molar-refractivity contribution in [3.05, 3.63) is 44.9 Å². The molecule has 0 aromatic carbocycles. The highest BCUT2D eigenvalue weighted by atomic mass is 32.1. The molecule has 0 spiro atoms. The molecule has 7 heteroatoms. The minimum Gasteiger partial charge on any atom is -0.347 e. The molecule has 0 aliphatic rings. The van der Waals surface area contributed by atoms with Crippen molar-refractivity contribution in [3.8, 4) is 0 Å². The Labute approximate surface area is 102 Å². The van der Waals surface area contributed by atoms with Gasteiger partial charge in [-0.3, -0.25) is 10.1 Å². The third-order valence-corrected chi connectivity index (χ3v) is 3.22. The largest absolute Gasteiger partial charge is 0.347 e. The molecule has 2 heterocycles. The van der Waals surface area contributed by atoms with Gasteiger partial charge < -0.3 is 5.32 Å². The first-order chi connectivity index (χ1) is 8.16. The summed E-state index contributed by atoms with van der Waals surface area (Å²) in [5, 5.41) is 15.5. The molecule has 0 aliphatic heterocycles. The number of nitrogens with one attached hydrogen (secondary N) is 1. The van der Waals surface area contributed by atoms with Crippen LogP contribution in [0.1, 0.15) is 17.8 Å². The molecule has 2 rings (SSSR count). The van der Waals surface area contributed by atoms with E-state index in [9.17, 15) is 10.1 Å². The van der Waals surface area contributed by atoms with E-state index in [0.717, 1.165) is 4.88 Å². The number of thiophene rings is 1. The average Bonchev–Trinajstić information content (AvgIpc) is 2.83. The zero-order chi connectivity index (χ0) is 12.3. The maximum absolute atomic E-state index is 10.4. The maximum Gasteiger partial charge on any atom is 0.305 e. The first-order valence-corrected chi connectivity index (χ1v) is 5.81. The van der Waals surface area contributed by atoms with Crippen molar-refractivity contribution in [1.29, 1.82) is 0 Å². The summed E-state index contributed by atoms with van der Waals surface area (Å²) in [5.41, 5.74) is -0.112. The van der Waals surface area contributed by atoms with Gasteiger partial charge in [0, 0.05) is 4.88 Å². The predicted molar refractivity (Wildman–Crippen MR) is 65.0 cm³/mol. The Balaban J connectivity index is 2.06. The minimum absolute atomic E-state index is 0.0801. The lowest BCUT2D eigenvalue weighted by atomic mass is 10.3. The van der Waals surface area contributed by atoms with Gasteiger partial charge in [0.05, 0.1) is 11.0 Å². The van der Waals surface area contributed by atoms with Crippen LogP contribution >= 0.6 is 11.3 Å². The van der Waals surface area contributed by atoms with Crippen LogP contribution in [-0.2, 0) is 0 Å². The third kappa shape index (κ3) is 2.76. The minimum atomic E-state index is -0.521. The molecule has 0 amide bonds. The van der Waals surface area contributed by atoms with E-state index in [1.54, 1.807) is 11.3 Å². The molecule has 0 aliphatic carbocycles. The molecule has 0 fully saturated rings. The van der Waals surface area contributed by atoms with Gasteiger partial charge in [-0.25, -0.2) is 9.97 Å². The Bertz CT molecular complexity index is 498. The van der Waals surface area contributed by atoms with E-state index >= 15 is 0 Å². The van der Waals surface area contributed by atoms with Gasteiger partial charge in [-0.05, 0) is 18.4 Å². The van der Waals surface area contributed by atoms with Gasteiger partial charge in [-0.1, -0.05) is 6.07 Å². The molecule has 6 nitrogen and oxygen atoms in total. The van der Waals surface area contributed by atoms with Crippen LogP contribution in [0.2, 0.25) is 0 Å². The van der Waals surface area contributed by atoms with E-state index in [1.807, 2.05) is 24.4 Å². The van der Waals surface area contributed by atoms with Gasteiger partial charge in [0.1, 0.15) is 12.4 Å². The second-order valence-electron chi connectivity index (χ2n) is 3.40. The Kier molecular flexibility index (Phi) is 3.29. The molecule has 0 saturated heterocycles. The SMILES string of the molecule is CC(Nc1ncc([N+](=O)[O-])cn1)c1cccs1. The summed E-state index contributed by atoms with van der Waals surface area (Å²) in [6.07, 6.45) is 2.38. The summed E-state index contributed by atoms with van der Waals surface area (Å²) < 4.78 is 0. The van der Waals surface area contributed by atoms with Crippen molar-refractivity contribution >= 4 is 23.0 Å². The number of nitrogens with zero attached hydrogens (tertiary/aromatic N) is 3. The lowest BCUT2D eigenvalue weighted by molar-refractivity contribution is -0.385. The van der Waals surface area contributed by atoms with Crippen molar-refractivity contribution in [2.75, 3.05) is 5.32 Å². The fourth-order valence-electron chi connectivity index (χ4n) is 1.29. The number of aromatic nitrogens is 2. The molecule has 1 atom stereocenters. The van der Waals surface area contributed by atoms with Crippen molar-refractivity contribution in [2.45, 2.75) is 13.0 Å². The first-order valence-electron chi connectivity index (χ1n) is 4.93. The summed E-state index contributed by atoms with van der Waals surface area (Å²) in [5.74, 6) is 0.386. The molecule has 2 aromatic heterocycles. The Hall–Kier alpha value is -2.02. The normalized spacial score (nSPS) is 12.1. The fraction of sp³-hybridized carbons (Fsp3) is 0.200. The summed E-state index contributed by atoms with van der Waals surface area (Å²) in [7, 11) is 0. The van der Waals surface area contributed by atoms with E-state index in [0.29, 0.717) is 5.95 Å². The van der Waals surface area contributed by atoms with Crippen LogP contribution in [0.4, 0.5) is 11.6 Å². The van der Waals surface area contributed by atoms with Gasteiger partial charge in [0.2, 0.25) is 5.95 Å². The zero-order valence-corrected chi connectivity index (χ0v) is 9.85. The van der Waals surface area contributed by atoms with Crippen LogP contribution < -0.4 is 5.32 Å². The van der Waals surface area contributed by atoms with Crippen LogP contribution in [0.25, 0.3) is 0 Å². The molecule has 0 saturated carbocycles. The van der Waals surface area contributed by atoms with Crippen molar-refractivity contribution in [3.63, 3.8) is 0 Å². The third-order valence-electron chi connectivity index (χ3n) is 2.16. The maximum atomic E-state index is 10.4. The highest BCUT2D eigenvalue weighted by molar-refractivity contribution is 7.10. The van der Waals surface area contributed by atoms with Crippen LogP contribution in [0, 0.1) is 10.1 Å². The van der Waals surface area contributed by atoms with Crippen LogP contribution in [0.15, 0.2) is 29.9 Å². The number of rotatable bonds is 4. The topological polar surface area (TPSA) is 81.0 Å². The van der Waals surface area contributed by atoms with E-state index < -0.39 is 4.92 Å². The molecule has 17 heavy (non-hydrogen) atoms. The molecule has 0 bridgehead atoms. The highest BCUT2D eigenvalue weighted by Gasteiger charge is 2.10. The molecular formula is C10H10N4O2S. The van der Waals surface area contributed by atoms with E-state index in [1.165, 1.54) is 12.4 Å². The number of hydrogen-bond donors (Lipinski definition) is 1. The Morgan fingerprint density at radius 3 is 2.71 bits per heavy atom. The lowest BCUT2D eigenvalue weighted by Crippen LogP contribution is -2.08. The molecule has 1 unspecified atom stereocenters. The van der Waals surface area contributed by atoms with E-state index in [4.69, 9.17) is 0 Å². The Morgan fingerprint density at radius 1 is 1.47 bits per heavy atom. The summed E-state index contributed by atoms with van der Waals surface area (Å²) >= 11 is 1.63. The number of anilines is 1. The van der Waals surface area contributed by atoms with Crippen molar-refractivity contribution in [1.82, 2.24) is 9.97 Å². The quantitative estimate of drug-likeness (QED) is 0.666. The van der Waals surface area contributed by atoms with Crippen LogP contribution in [0.3, 0.4) is 0 Å². The second kappa shape index (κ2) is 4.88. The summed E-state index contributed by atoms with van der Waals surface area (Å²) in [4.78, 5) is 18.8. The summed E-state index contributed by atoms with van der Waals surface area (Å²) in [6.45, 7) is 1.98. The fourth-order valence-corrected chi connectivity index (χ4v) is 2.03.